The zero-order valence-electron chi connectivity index (χ0n) is 21.5. The van der Waals surface area contributed by atoms with E-state index in [1.165, 1.54) is 36.4 Å². The van der Waals surface area contributed by atoms with E-state index in [9.17, 15) is 17.6 Å². The first kappa shape index (κ1) is 28.0. The molecule has 2 heterocycles. The molecule has 1 N–H and O–H groups in total. The Bertz CT molecular complexity index is 1360. The minimum atomic E-state index is -4.22. The van der Waals surface area contributed by atoms with Crippen LogP contribution in [0.15, 0.2) is 53.6 Å². The molecule has 1 aromatic carbocycles. The Morgan fingerprint density at radius 2 is 1.86 bits per heavy atom. The Morgan fingerprint density at radius 3 is 2.57 bits per heavy atom. The van der Waals surface area contributed by atoms with Crippen molar-refractivity contribution in [2.24, 2.45) is 5.92 Å². The van der Waals surface area contributed by atoms with Gasteiger partial charge in [0.15, 0.2) is 5.03 Å². The summed E-state index contributed by atoms with van der Waals surface area (Å²) in [6, 6.07) is 11.7. The van der Waals surface area contributed by atoms with E-state index in [4.69, 9.17) is 9.47 Å². The molecule has 1 amide bonds. The number of pyridine rings is 2. The van der Waals surface area contributed by atoms with E-state index in [1.54, 1.807) is 19.1 Å². The summed E-state index contributed by atoms with van der Waals surface area (Å²) in [7, 11) is -4.22. The minimum absolute atomic E-state index is 0. The summed E-state index contributed by atoms with van der Waals surface area (Å²) < 4.78 is 53.3. The van der Waals surface area contributed by atoms with Crippen LogP contribution in [0, 0.1) is 18.7 Å². The highest BCUT2D eigenvalue weighted by molar-refractivity contribution is 7.90. The third kappa shape index (κ3) is 7.98. The Labute approximate surface area is 220 Å². The number of carbonyl (C=O) groups is 1. The van der Waals surface area contributed by atoms with E-state index in [2.05, 4.69) is 9.97 Å². The second kappa shape index (κ2) is 12.6. The van der Waals surface area contributed by atoms with Gasteiger partial charge in [-0.15, -0.1) is 0 Å². The van der Waals surface area contributed by atoms with Crippen molar-refractivity contribution in [2.45, 2.75) is 52.0 Å². The molecule has 0 aliphatic carbocycles. The third-order valence-corrected chi connectivity index (χ3v) is 6.44. The molecule has 3 rings (SSSR count). The summed E-state index contributed by atoms with van der Waals surface area (Å²) in [5, 5.41) is -0.274. The van der Waals surface area contributed by atoms with Crippen molar-refractivity contribution in [1.29, 1.82) is 0 Å². The van der Waals surface area contributed by atoms with Gasteiger partial charge in [0.2, 0.25) is 5.88 Å². The van der Waals surface area contributed by atoms with Crippen LogP contribution in [0.5, 0.6) is 11.6 Å². The first-order valence-corrected chi connectivity index (χ1v) is 13.7. The van der Waals surface area contributed by atoms with Crippen LogP contribution in [0.1, 0.15) is 58.9 Å². The highest BCUT2D eigenvalue weighted by atomic mass is 32.2. The van der Waals surface area contributed by atoms with Crippen LogP contribution in [-0.4, -0.2) is 37.5 Å². The number of aryl methyl sites for hydroxylation is 1. The summed E-state index contributed by atoms with van der Waals surface area (Å²) >= 11 is 0. The fourth-order valence-corrected chi connectivity index (χ4v) is 4.34. The molecule has 0 radical (unpaired) electrons. The van der Waals surface area contributed by atoms with Gasteiger partial charge >= 0.3 is 0 Å². The largest absolute Gasteiger partial charge is 0.493 e. The van der Waals surface area contributed by atoms with Crippen LogP contribution in [0.4, 0.5) is 4.39 Å². The molecule has 0 unspecified atom stereocenters. The number of hydrogen-bond acceptors (Lipinski definition) is 7. The number of hydrogen-bond donors (Lipinski definition) is 1. The summed E-state index contributed by atoms with van der Waals surface area (Å²) in [6.07, 6.45) is 2.60. The number of halogens is 1. The molecular formula is C27H36FN3O5S. The second-order valence-corrected chi connectivity index (χ2v) is 10.7. The second-order valence-electron chi connectivity index (χ2n) is 9.04. The fourth-order valence-electron chi connectivity index (χ4n) is 3.36. The van der Waals surface area contributed by atoms with Gasteiger partial charge in [-0.25, -0.2) is 19.1 Å². The molecule has 202 valence electrons. The van der Waals surface area contributed by atoms with Crippen molar-refractivity contribution in [2.75, 3.05) is 13.2 Å². The lowest BCUT2D eigenvalue weighted by molar-refractivity contribution is 0.0976. The summed E-state index contributed by atoms with van der Waals surface area (Å²) in [4.78, 5) is 21.4. The summed E-state index contributed by atoms with van der Waals surface area (Å²) in [5.41, 5.74) is 1.21. The number of sulfonamides is 1. The molecule has 0 saturated heterocycles. The predicted octanol–water partition coefficient (Wildman–Crippen LogP) is 5.81. The number of nitrogens with one attached hydrogen (secondary N) is 1. The highest BCUT2D eigenvalue weighted by Crippen LogP contribution is 2.28. The number of benzene rings is 1. The maximum Gasteiger partial charge on any atom is 0.281 e. The molecule has 0 bridgehead atoms. The monoisotopic (exact) mass is 533 g/mol. The highest BCUT2D eigenvalue weighted by Gasteiger charge is 2.24. The Hall–Kier alpha value is -3.53. The zero-order chi connectivity index (χ0) is 27.0. The molecule has 0 atom stereocenters. The normalized spacial score (nSPS) is 11.4. The average molecular weight is 534 g/mol. The SMILES string of the molecule is CCCCCOc1nc(-c2cc(F)cc(OCC(C)C)c2)ccc1C(=O)NS(=O)(=O)c1cccc(C)n1.[HH].[HH]. The number of nitrogens with zero attached hydrogens (tertiary/aromatic N) is 2. The van der Waals surface area contributed by atoms with Gasteiger partial charge in [-0.2, -0.15) is 8.42 Å². The Kier molecular flexibility index (Phi) is 9.57. The van der Waals surface area contributed by atoms with E-state index in [0.29, 0.717) is 29.3 Å². The van der Waals surface area contributed by atoms with Crippen molar-refractivity contribution >= 4 is 15.9 Å². The van der Waals surface area contributed by atoms with Gasteiger partial charge in [0.25, 0.3) is 15.9 Å². The van der Waals surface area contributed by atoms with Gasteiger partial charge in [0.1, 0.15) is 17.1 Å². The molecule has 8 nitrogen and oxygen atoms in total. The van der Waals surface area contributed by atoms with Gasteiger partial charge in [-0.05, 0) is 55.7 Å². The van der Waals surface area contributed by atoms with Crippen LogP contribution in [0.25, 0.3) is 11.3 Å². The van der Waals surface area contributed by atoms with Crippen LogP contribution in [0.2, 0.25) is 0 Å². The van der Waals surface area contributed by atoms with Gasteiger partial charge in [-0.1, -0.05) is 39.7 Å². The molecular weight excluding hydrogens is 497 g/mol. The molecule has 37 heavy (non-hydrogen) atoms. The molecule has 10 heteroatoms. The molecule has 3 aromatic rings. The van der Waals surface area contributed by atoms with Crippen molar-refractivity contribution in [3.8, 4) is 22.9 Å². The van der Waals surface area contributed by atoms with Gasteiger partial charge in [0, 0.05) is 20.2 Å². The maximum absolute atomic E-state index is 14.3. The lowest BCUT2D eigenvalue weighted by Gasteiger charge is -2.14. The number of carbonyl (C=O) groups excluding carboxylic acids is 1. The first-order valence-electron chi connectivity index (χ1n) is 12.2. The third-order valence-electron chi connectivity index (χ3n) is 5.21. The van der Waals surface area contributed by atoms with E-state index in [1.807, 2.05) is 25.5 Å². The molecule has 0 fully saturated rings. The molecule has 0 aliphatic rings. The van der Waals surface area contributed by atoms with Gasteiger partial charge in [-0.3, -0.25) is 4.79 Å². The van der Waals surface area contributed by atoms with Crippen molar-refractivity contribution < 1.29 is 29.9 Å². The zero-order valence-corrected chi connectivity index (χ0v) is 22.3. The summed E-state index contributed by atoms with van der Waals surface area (Å²) in [5.74, 6) is -0.839. The van der Waals surface area contributed by atoms with Crippen LogP contribution in [0.3, 0.4) is 0 Å². The van der Waals surface area contributed by atoms with Crippen molar-refractivity contribution in [3.63, 3.8) is 0 Å². The predicted molar refractivity (Wildman–Crippen MR) is 143 cm³/mol. The van der Waals surface area contributed by atoms with Crippen molar-refractivity contribution in [1.82, 2.24) is 14.7 Å². The van der Waals surface area contributed by atoms with E-state index in [0.717, 1.165) is 19.3 Å². The maximum atomic E-state index is 14.3. The lowest BCUT2D eigenvalue weighted by atomic mass is 10.1. The quantitative estimate of drug-likeness (QED) is 0.293. The number of ether oxygens (including phenoxy) is 2. The summed E-state index contributed by atoms with van der Waals surface area (Å²) in [6.45, 7) is 8.38. The Balaban J connectivity index is 0.00000380. The molecule has 2 aromatic heterocycles. The molecule has 0 spiro atoms. The van der Waals surface area contributed by atoms with Crippen molar-refractivity contribution in [3.05, 3.63) is 65.6 Å². The van der Waals surface area contributed by atoms with Crippen LogP contribution >= 0.6 is 0 Å². The van der Waals surface area contributed by atoms with E-state index >= 15 is 0 Å². The fraction of sp³-hybridized carbons (Fsp3) is 0.370. The van der Waals surface area contributed by atoms with E-state index in [-0.39, 0.29) is 31.8 Å². The topological polar surface area (TPSA) is 107 Å². The molecule has 0 aliphatic heterocycles. The smallest absolute Gasteiger partial charge is 0.281 e. The standard InChI is InChI=1S/C27H32FN3O5S.2H2/c1-5-6-7-13-35-27-23(26(32)31-37(33,34)25-10-8-9-19(4)29-25)11-12-24(30-27)20-14-21(28)16-22(15-20)36-17-18(2)3;;/h8-12,14-16,18H,5-7,13,17H2,1-4H3,(H,31,32);2*1H. The average Bonchev–Trinajstić information content (AvgIpc) is 2.84. The number of rotatable bonds is 12. The van der Waals surface area contributed by atoms with Gasteiger partial charge < -0.3 is 9.47 Å². The number of unbranched alkanes of at least 4 members (excludes halogenated alkanes) is 2. The lowest BCUT2D eigenvalue weighted by Crippen LogP contribution is -2.31. The van der Waals surface area contributed by atoms with E-state index < -0.39 is 21.7 Å². The minimum Gasteiger partial charge on any atom is -0.493 e. The first-order chi connectivity index (χ1) is 17.6. The number of amides is 1. The van der Waals surface area contributed by atoms with Crippen LogP contribution < -0.4 is 14.2 Å². The van der Waals surface area contributed by atoms with Crippen LogP contribution in [-0.2, 0) is 10.0 Å². The number of aromatic nitrogens is 2. The Morgan fingerprint density at radius 1 is 1.08 bits per heavy atom. The molecule has 0 saturated carbocycles. The van der Waals surface area contributed by atoms with Gasteiger partial charge in [0.05, 0.1) is 18.9 Å².